The molecule has 0 aliphatic carbocycles. The zero-order valence-electron chi connectivity index (χ0n) is 25.9. The van der Waals surface area contributed by atoms with Crippen molar-refractivity contribution >= 4 is 21.7 Å². The molecule has 2 aromatic carbocycles. The number of carbonyl (C=O) groups excluding carboxylic acids is 1. The molecule has 1 amide bonds. The van der Waals surface area contributed by atoms with Crippen LogP contribution in [0.25, 0.3) is 11.1 Å². The van der Waals surface area contributed by atoms with Gasteiger partial charge in [0.2, 0.25) is 0 Å². The lowest BCUT2D eigenvalue weighted by Crippen LogP contribution is -2.42. The number of carboxylic acid groups (broad SMARTS) is 1. The maximum absolute atomic E-state index is 13.5. The van der Waals surface area contributed by atoms with Crippen LogP contribution < -0.4 is 5.32 Å². The molecule has 3 rings (SSSR count). The number of likely N-dealkylation sites (tertiary alicyclic amines) is 1. The first-order valence-electron chi connectivity index (χ1n) is 15.1. The second-order valence-corrected chi connectivity index (χ2v) is 13.7. The van der Waals surface area contributed by atoms with Gasteiger partial charge in [-0.1, -0.05) is 80.1 Å². The van der Waals surface area contributed by atoms with E-state index in [1.54, 1.807) is 12.1 Å². The minimum absolute atomic E-state index is 0.205. The fourth-order valence-corrected chi connectivity index (χ4v) is 6.57. The van der Waals surface area contributed by atoms with Crippen molar-refractivity contribution in [1.29, 1.82) is 0 Å². The quantitative estimate of drug-likeness (QED) is 0.225. The van der Waals surface area contributed by atoms with Crippen molar-refractivity contribution in [2.24, 2.45) is 0 Å². The standard InChI is InChI=1S/C35H46N2O5S/c1-6-9-14-26(8-3)22-29-18-17-28(12-7-2)37(29)24-27-16-19-31(32(23-27)30-15-11-10-13-25(30)4)34(38)36-33(35(39)40)20-21-43(5,41)42/h6,8-11,13-16,19,23,28-29,33H,1,7,12,17-18,20-22,24H2,2-5H3,(H,36,38)(H,39,40)/b14-9-,26-8+. The largest absolute Gasteiger partial charge is 0.480 e. The lowest BCUT2D eigenvalue weighted by molar-refractivity contribution is -0.139. The number of benzene rings is 2. The summed E-state index contributed by atoms with van der Waals surface area (Å²) in [6.07, 6.45) is 14.4. The van der Waals surface area contributed by atoms with E-state index in [9.17, 15) is 23.1 Å². The molecule has 0 bridgehead atoms. The van der Waals surface area contributed by atoms with E-state index in [4.69, 9.17) is 0 Å². The van der Waals surface area contributed by atoms with Gasteiger partial charge in [0, 0.05) is 30.4 Å². The maximum Gasteiger partial charge on any atom is 0.326 e. The van der Waals surface area contributed by atoms with Crippen molar-refractivity contribution < 1.29 is 23.1 Å². The van der Waals surface area contributed by atoms with E-state index in [1.807, 2.05) is 43.3 Å². The Labute approximate surface area is 257 Å². The van der Waals surface area contributed by atoms with Crippen molar-refractivity contribution in [1.82, 2.24) is 10.2 Å². The van der Waals surface area contributed by atoms with E-state index in [0.717, 1.165) is 67.2 Å². The van der Waals surface area contributed by atoms with Crippen molar-refractivity contribution in [3.8, 4) is 11.1 Å². The zero-order valence-corrected chi connectivity index (χ0v) is 26.7. The molecule has 1 fully saturated rings. The zero-order chi connectivity index (χ0) is 31.6. The number of amides is 1. The van der Waals surface area contributed by atoms with Gasteiger partial charge in [-0.25, -0.2) is 13.2 Å². The first kappa shape index (κ1) is 34.0. The van der Waals surface area contributed by atoms with Crippen molar-refractivity contribution in [3.05, 3.63) is 95.6 Å². The molecule has 8 heteroatoms. The molecule has 1 aliphatic heterocycles. The Bertz CT molecular complexity index is 1460. The van der Waals surface area contributed by atoms with Crippen molar-refractivity contribution in [2.45, 2.75) is 84.0 Å². The number of nitrogens with zero attached hydrogens (tertiary/aromatic N) is 1. The van der Waals surface area contributed by atoms with Crippen LogP contribution in [0.2, 0.25) is 0 Å². The number of allylic oxidation sites excluding steroid dienone is 4. The third-order valence-electron chi connectivity index (χ3n) is 8.19. The summed E-state index contributed by atoms with van der Waals surface area (Å²) in [6, 6.07) is 13.1. The highest BCUT2D eigenvalue weighted by Gasteiger charge is 2.33. The second-order valence-electron chi connectivity index (χ2n) is 11.5. The van der Waals surface area contributed by atoms with Gasteiger partial charge in [-0.2, -0.15) is 0 Å². The van der Waals surface area contributed by atoms with Gasteiger partial charge in [0.25, 0.3) is 5.91 Å². The Hall–Kier alpha value is -3.49. The highest BCUT2D eigenvalue weighted by atomic mass is 32.2. The molecule has 232 valence electrons. The molecule has 1 aliphatic rings. The molecule has 43 heavy (non-hydrogen) atoms. The van der Waals surface area contributed by atoms with Crippen LogP contribution in [0, 0.1) is 6.92 Å². The number of hydrogen-bond donors (Lipinski definition) is 2. The van der Waals surface area contributed by atoms with Crippen LogP contribution in [-0.4, -0.2) is 60.4 Å². The third-order valence-corrected chi connectivity index (χ3v) is 9.17. The molecule has 1 heterocycles. The van der Waals surface area contributed by atoms with Gasteiger partial charge in [0.1, 0.15) is 15.9 Å². The molecule has 0 spiro atoms. The minimum Gasteiger partial charge on any atom is -0.480 e. The Morgan fingerprint density at radius 3 is 2.49 bits per heavy atom. The summed E-state index contributed by atoms with van der Waals surface area (Å²) in [7, 11) is -3.39. The van der Waals surface area contributed by atoms with Crippen LogP contribution in [0.1, 0.15) is 73.9 Å². The molecule has 2 aromatic rings. The molecular weight excluding hydrogens is 560 g/mol. The van der Waals surface area contributed by atoms with Gasteiger partial charge in [-0.05, 0) is 80.3 Å². The number of carboxylic acids is 1. The predicted molar refractivity (Wildman–Crippen MR) is 175 cm³/mol. The highest BCUT2D eigenvalue weighted by molar-refractivity contribution is 7.90. The summed E-state index contributed by atoms with van der Waals surface area (Å²) < 4.78 is 23.3. The van der Waals surface area contributed by atoms with E-state index >= 15 is 0 Å². The van der Waals surface area contributed by atoms with E-state index < -0.39 is 27.8 Å². The molecule has 3 atom stereocenters. The van der Waals surface area contributed by atoms with Gasteiger partial charge < -0.3 is 10.4 Å². The molecule has 0 radical (unpaired) electrons. The lowest BCUT2D eigenvalue weighted by Gasteiger charge is -2.31. The van der Waals surface area contributed by atoms with Crippen molar-refractivity contribution in [3.63, 3.8) is 0 Å². The summed E-state index contributed by atoms with van der Waals surface area (Å²) in [6.45, 7) is 10.8. The average Bonchev–Trinajstić information content (AvgIpc) is 3.33. The Morgan fingerprint density at radius 2 is 1.86 bits per heavy atom. The summed E-state index contributed by atoms with van der Waals surface area (Å²) in [4.78, 5) is 28.0. The smallest absolute Gasteiger partial charge is 0.326 e. The first-order chi connectivity index (χ1) is 20.5. The number of rotatable bonds is 15. The fraction of sp³-hybridized carbons (Fsp3) is 0.429. The summed E-state index contributed by atoms with van der Waals surface area (Å²) in [5, 5.41) is 12.3. The number of sulfone groups is 1. The van der Waals surface area contributed by atoms with Gasteiger partial charge >= 0.3 is 5.97 Å². The molecule has 3 unspecified atom stereocenters. The van der Waals surface area contributed by atoms with E-state index in [1.165, 1.54) is 5.57 Å². The van der Waals surface area contributed by atoms with Gasteiger partial charge in [-0.15, -0.1) is 0 Å². The van der Waals surface area contributed by atoms with Crippen LogP contribution in [-0.2, 0) is 21.2 Å². The van der Waals surface area contributed by atoms with Crippen LogP contribution >= 0.6 is 0 Å². The number of aryl methyl sites for hydroxylation is 1. The maximum atomic E-state index is 13.5. The average molecular weight is 607 g/mol. The molecular formula is C35H46N2O5S. The number of nitrogens with one attached hydrogen (secondary N) is 1. The molecule has 1 saturated heterocycles. The summed E-state index contributed by atoms with van der Waals surface area (Å²) in [5.41, 5.74) is 5.34. The Balaban J connectivity index is 1.97. The van der Waals surface area contributed by atoms with E-state index in [2.05, 4.69) is 48.9 Å². The van der Waals surface area contributed by atoms with Crippen LogP contribution in [0.15, 0.2) is 78.9 Å². The number of hydrogen-bond acceptors (Lipinski definition) is 5. The van der Waals surface area contributed by atoms with Gasteiger partial charge in [0.05, 0.1) is 5.75 Å². The Kier molecular flexibility index (Phi) is 12.5. The first-order valence-corrected chi connectivity index (χ1v) is 17.1. The molecule has 2 N–H and O–H groups in total. The van der Waals surface area contributed by atoms with Crippen LogP contribution in [0.4, 0.5) is 0 Å². The molecule has 7 nitrogen and oxygen atoms in total. The van der Waals surface area contributed by atoms with Gasteiger partial charge in [-0.3, -0.25) is 9.69 Å². The number of aliphatic carboxylic acids is 1. The summed E-state index contributed by atoms with van der Waals surface area (Å²) in [5.74, 6) is -2.14. The third kappa shape index (κ3) is 9.76. The Morgan fingerprint density at radius 1 is 1.14 bits per heavy atom. The molecule has 0 saturated carbocycles. The van der Waals surface area contributed by atoms with Crippen LogP contribution in [0.3, 0.4) is 0 Å². The summed E-state index contributed by atoms with van der Waals surface area (Å²) >= 11 is 0. The van der Waals surface area contributed by atoms with Crippen molar-refractivity contribution in [2.75, 3.05) is 12.0 Å². The monoisotopic (exact) mass is 606 g/mol. The SMILES string of the molecule is C=C/C=C\C(=C/C)CC1CCC(CCC)N1Cc1ccc(C(=O)NC(CCS(C)(=O)=O)C(=O)O)c(-c2ccccc2C)c1. The fourth-order valence-electron chi connectivity index (χ4n) is 5.90. The van der Waals surface area contributed by atoms with E-state index in [-0.39, 0.29) is 12.2 Å². The molecule has 0 aromatic heterocycles. The van der Waals surface area contributed by atoms with Gasteiger partial charge in [0.15, 0.2) is 0 Å². The highest BCUT2D eigenvalue weighted by Crippen LogP contribution is 2.34. The topological polar surface area (TPSA) is 104 Å². The predicted octanol–water partition coefficient (Wildman–Crippen LogP) is 6.49. The van der Waals surface area contributed by atoms with Crippen LogP contribution in [0.5, 0.6) is 0 Å². The van der Waals surface area contributed by atoms with E-state index in [0.29, 0.717) is 17.6 Å². The lowest BCUT2D eigenvalue weighted by atomic mass is 9.93. The second kappa shape index (κ2) is 15.8. The normalized spacial score (nSPS) is 18.6. The number of carbonyl (C=O) groups is 2. The minimum atomic E-state index is -3.39.